The van der Waals surface area contributed by atoms with Crippen LogP contribution in [0.5, 0.6) is 5.75 Å². The molecule has 0 aliphatic heterocycles. The van der Waals surface area contributed by atoms with Gasteiger partial charge in [0.2, 0.25) is 5.78 Å². The molecule has 0 fully saturated rings. The van der Waals surface area contributed by atoms with Gasteiger partial charge in [-0.25, -0.2) is 9.97 Å². The minimum absolute atomic E-state index is 0.660. The highest BCUT2D eigenvalue weighted by atomic mass is 35.5. The lowest BCUT2D eigenvalue weighted by molar-refractivity contribution is 0.415. The summed E-state index contributed by atoms with van der Waals surface area (Å²) in [6, 6.07) is 17.5. The van der Waals surface area contributed by atoms with Gasteiger partial charge in [-0.3, -0.25) is 4.40 Å². The Morgan fingerprint density at radius 3 is 2.38 bits per heavy atom. The van der Waals surface area contributed by atoms with E-state index >= 15 is 0 Å². The van der Waals surface area contributed by atoms with E-state index in [1.807, 2.05) is 65.2 Å². The summed E-state index contributed by atoms with van der Waals surface area (Å²) in [5, 5.41) is 0.705. The normalized spacial score (nSPS) is 10.9. The van der Waals surface area contributed by atoms with Crippen LogP contribution in [0, 0.1) is 0 Å². The van der Waals surface area contributed by atoms with E-state index in [1.54, 1.807) is 13.3 Å². The molecule has 0 aliphatic rings. The number of ether oxygens (including phenoxy) is 1. The maximum atomic E-state index is 6.03. The van der Waals surface area contributed by atoms with Crippen molar-refractivity contribution in [2.24, 2.45) is 0 Å². The lowest BCUT2D eigenvalue weighted by Crippen LogP contribution is -1.90. The summed E-state index contributed by atoms with van der Waals surface area (Å²) in [6.07, 6.45) is 3.71. The van der Waals surface area contributed by atoms with E-state index in [0.29, 0.717) is 10.8 Å². The highest BCUT2D eigenvalue weighted by Crippen LogP contribution is 2.33. The fourth-order valence-electron chi connectivity index (χ4n) is 2.72. The molecule has 2 heterocycles. The molecule has 4 nitrogen and oxygen atoms in total. The van der Waals surface area contributed by atoms with Gasteiger partial charge in [0, 0.05) is 28.5 Å². The molecule has 4 aromatic rings. The van der Waals surface area contributed by atoms with Gasteiger partial charge in [0.25, 0.3) is 0 Å². The van der Waals surface area contributed by atoms with Crippen LogP contribution < -0.4 is 4.74 Å². The molecule has 0 radical (unpaired) electrons. The molecule has 0 atom stereocenters. The monoisotopic (exact) mass is 335 g/mol. The third-order valence-corrected chi connectivity index (χ3v) is 4.14. The Morgan fingerprint density at radius 1 is 0.958 bits per heavy atom. The Labute approximate surface area is 144 Å². The second kappa shape index (κ2) is 5.98. The Bertz CT molecular complexity index is 991. The van der Waals surface area contributed by atoms with Crippen molar-refractivity contribution >= 4 is 17.4 Å². The van der Waals surface area contributed by atoms with Gasteiger partial charge in [0.05, 0.1) is 18.5 Å². The summed E-state index contributed by atoms with van der Waals surface area (Å²) < 4.78 is 7.23. The number of nitrogens with zero attached hydrogens (tertiary/aromatic N) is 3. The molecular weight excluding hydrogens is 322 g/mol. The van der Waals surface area contributed by atoms with E-state index in [4.69, 9.17) is 21.3 Å². The van der Waals surface area contributed by atoms with Gasteiger partial charge >= 0.3 is 0 Å². The van der Waals surface area contributed by atoms with Crippen LogP contribution in [0.25, 0.3) is 28.3 Å². The molecule has 2 aromatic carbocycles. The number of rotatable bonds is 3. The van der Waals surface area contributed by atoms with Crippen LogP contribution in [-0.2, 0) is 0 Å². The van der Waals surface area contributed by atoms with Crippen molar-refractivity contribution in [2.75, 3.05) is 7.11 Å². The van der Waals surface area contributed by atoms with Gasteiger partial charge in [0.1, 0.15) is 5.75 Å². The standard InChI is InChI=1S/C19H14ClN3O/c1-24-16-9-5-13(6-10-16)17-18(14-3-7-15(20)8-4-14)23-12-2-11-21-19(23)22-17/h2-12H,1H3. The topological polar surface area (TPSA) is 39.4 Å². The molecule has 0 saturated heterocycles. The number of fused-ring (bicyclic) bond motifs is 1. The summed E-state index contributed by atoms with van der Waals surface area (Å²) in [7, 11) is 1.66. The summed E-state index contributed by atoms with van der Waals surface area (Å²) >= 11 is 6.03. The van der Waals surface area contributed by atoms with Gasteiger partial charge in [-0.15, -0.1) is 0 Å². The molecule has 0 amide bonds. The first kappa shape index (κ1) is 14.7. The zero-order valence-electron chi connectivity index (χ0n) is 13.0. The average molecular weight is 336 g/mol. The second-order valence-corrected chi connectivity index (χ2v) is 5.77. The average Bonchev–Trinajstić information content (AvgIpc) is 3.02. The molecule has 118 valence electrons. The van der Waals surface area contributed by atoms with Gasteiger partial charge in [-0.05, 0) is 42.5 Å². The lowest BCUT2D eigenvalue weighted by Gasteiger charge is -2.06. The number of halogens is 1. The molecule has 0 bridgehead atoms. The molecule has 4 rings (SSSR count). The molecule has 0 spiro atoms. The zero-order valence-corrected chi connectivity index (χ0v) is 13.7. The molecule has 0 unspecified atom stereocenters. The fourth-order valence-corrected chi connectivity index (χ4v) is 2.85. The van der Waals surface area contributed by atoms with E-state index in [0.717, 1.165) is 28.3 Å². The van der Waals surface area contributed by atoms with Crippen LogP contribution >= 0.6 is 11.6 Å². The summed E-state index contributed by atoms with van der Waals surface area (Å²) in [4.78, 5) is 9.08. The highest BCUT2D eigenvalue weighted by molar-refractivity contribution is 6.30. The van der Waals surface area contributed by atoms with Gasteiger partial charge < -0.3 is 4.74 Å². The van der Waals surface area contributed by atoms with E-state index < -0.39 is 0 Å². The number of aromatic nitrogens is 3. The first-order valence-corrected chi connectivity index (χ1v) is 7.87. The SMILES string of the molecule is COc1ccc(-c2nc3ncccn3c2-c2ccc(Cl)cc2)cc1. The molecule has 5 heteroatoms. The van der Waals surface area contributed by atoms with Gasteiger partial charge in [-0.1, -0.05) is 23.7 Å². The van der Waals surface area contributed by atoms with E-state index in [2.05, 4.69) is 4.98 Å². The van der Waals surface area contributed by atoms with E-state index in [1.165, 1.54) is 0 Å². The molecule has 2 aromatic heterocycles. The predicted octanol–water partition coefficient (Wildman–Crippen LogP) is 4.73. The van der Waals surface area contributed by atoms with Crippen LogP contribution in [0.3, 0.4) is 0 Å². The Hall–Kier alpha value is -2.85. The van der Waals surface area contributed by atoms with Crippen molar-refractivity contribution in [1.29, 1.82) is 0 Å². The first-order chi connectivity index (χ1) is 11.8. The minimum Gasteiger partial charge on any atom is -0.497 e. The molecule has 0 N–H and O–H groups in total. The minimum atomic E-state index is 0.660. The van der Waals surface area contributed by atoms with Crippen molar-refractivity contribution in [3.05, 3.63) is 72.0 Å². The fraction of sp³-hybridized carbons (Fsp3) is 0.0526. The number of hydrogen-bond acceptors (Lipinski definition) is 3. The Kier molecular flexibility index (Phi) is 3.67. The zero-order chi connectivity index (χ0) is 16.5. The third-order valence-electron chi connectivity index (χ3n) is 3.88. The van der Waals surface area contributed by atoms with Crippen LogP contribution in [0.2, 0.25) is 5.02 Å². The predicted molar refractivity (Wildman–Crippen MR) is 95.4 cm³/mol. The van der Waals surface area contributed by atoms with Crippen molar-refractivity contribution in [3.8, 4) is 28.3 Å². The van der Waals surface area contributed by atoms with Crippen LogP contribution in [0.4, 0.5) is 0 Å². The maximum Gasteiger partial charge on any atom is 0.234 e. The van der Waals surface area contributed by atoms with E-state index in [9.17, 15) is 0 Å². The lowest BCUT2D eigenvalue weighted by atomic mass is 10.0. The van der Waals surface area contributed by atoms with Gasteiger partial charge in [0.15, 0.2) is 0 Å². The Morgan fingerprint density at radius 2 is 1.67 bits per heavy atom. The summed E-state index contributed by atoms with van der Waals surface area (Å²) in [6.45, 7) is 0. The summed E-state index contributed by atoms with van der Waals surface area (Å²) in [5.74, 6) is 1.47. The Balaban J connectivity index is 1.97. The van der Waals surface area contributed by atoms with Crippen molar-refractivity contribution < 1.29 is 4.74 Å². The largest absolute Gasteiger partial charge is 0.497 e. The quantitative estimate of drug-likeness (QED) is 0.543. The van der Waals surface area contributed by atoms with E-state index in [-0.39, 0.29) is 0 Å². The molecule has 0 aliphatic carbocycles. The number of hydrogen-bond donors (Lipinski definition) is 0. The van der Waals surface area contributed by atoms with Crippen LogP contribution in [0.1, 0.15) is 0 Å². The number of benzene rings is 2. The number of methoxy groups -OCH3 is 1. The first-order valence-electron chi connectivity index (χ1n) is 7.50. The van der Waals surface area contributed by atoms with Gasteiger partial charge in [-0.2, -0.15) is 0 Å². The third kappa shape index (κ3) is 2.51. The van der Waals surface area contributed by atoms with Crippen molar-refractivity contribution in [3.63, 3.8) is 0 Å². The second-order valence-electron chi connectivity index (χ2n) is 5.33. The number of imidazole rings is 1. The molecular formula is C19H14ClN3O. The van der Waals surface area contributed by atoms with Crippen LogP contribution in [0.15, 0.2) is 67.0 Å². The van der Waals surface area contributed by atoms with Crippen molar-refractivity contribution in [1.82, 2.24) is 14.4 Å². The smallest absolute Gasteiger partial charge is 0.234 e. The van der Waals surface area contributed by atoms with Crippen LogP contribution in [-0.4, -0.2) is 21.5 Å². The summed E-state index contributed by atoms with van der Waals surface area (Å²) in [5.41, 5.74) is 3.90. The maximum absolute atomic E-state index is 6.03. The molecule has 0 saturated carbocycles. The highest BCUT2D eigenvalue weighted by Gasteiger charge is 2.16. The van der Waals surface area contributed by atoms with Crippen molar-refractivity contribution in [2.45, 2.75) is 0 Å². The molecule has 24 heavy (non-hydrogen) atoms.